The molecule has 7 nitrogen and oxygen atoms in total. The molecule has 1 N–H and O–H groups in total. The summed E-state index contributed by atoms with van der Waals surface area (Å²) in [6.07, 6.45) is 0.174. The second-order valence-corrected chi connectivity index (χ2v) is 8.84. The van der Waals surface area contributed by atoms with Gasteiger partial charge >= 0.3 is 5.97 Å². The first-order valence-electron chi connectivity index (χ1n) is 11.1. The number of carbonyl (C=O) groups excluding carboxylic acids is 3. The molecule has 2 aromatic carbocycles. The third-order valence-electron chi connectivity index (χ3n) is 5.59. The standard InChI is InChI=1S/C25H30ClN3O4/c1-18(2)24(27-22(30)15-19-7-4-3-5-8-19)25(32)33-17-23(31)29-13-11-28(12-14-29)21-10-6-9-20(26)16-21/h3-10,16,18,24H,11-15,17H2,1-2H3,(H,27,30)/t24-/m0/s1. The van der Waals surface area contributed by atoms with Gasteiger partial charge in [-0.1, -0.05) is 61.8 Å². The summed E-state index contributed by atoms with van der Waals surface area (Å²) in [4.78, 5) is 41.4. The van der Waals surface area contributed by atoms with Gasteiger partial charge in [-0.05, 0) is 29.7 Å². The Kier molecular flexibility index (Phi) is 8.72. The number of anilines is 1. The predicted octanol–water partition coefficient (Wildman–Crippen LogP) is 2.92. The van der Waals surface area contributed by atoms with Gasteiger partial charge in [-0.15, -0.1) is 0 Å². The summed E-state index contributed by atoms with van der Waals surface area (Å²) < 4.78 is 5.28. The largest absolute Gasteiger partial charge is 0.454 e. The van der Waals surface area contributed by atoms with Gasteiger partial charge in [0.15, 0.2) is 6.61 Å². The molecule has 0 spiro atoms. The molecule has 0 aliphatic carbocycles. The van der Waals surface area contributed by atoms with Crippen molar-refractivity contribution < 1.29 is 19.1 Å². The molecule has 1 heterocycles. The SMILES string of the molecule is CC(C)[C@H](NC(=O)Cc1ccccc1)C(=O)OCC(=O)N1CCN(c2cccc(Cl)c2)CC1. The van der Waals surface area contributed by atoms with Crippen LogP contribution < -0.4 is 10.2 Å². The molecule has 33 heavy (non-hydrogen) atoms. The van der Waals surface area contributed by atoms with Crippen LogP contribution in [0.4, 0.5) is 5.69 Å². The Balaban J connectivity index is 1.46. The maximum atomic E-state index is 12.6. The summed E-state index contributed by atoms with van der Waals surface area (Å²) in [5, 5.41) is 3.42. The molecule has 1 fully saturated rings. The average molecular weight is 472 g/mol. The number of hydrogen-bond donors (Lipinski definition) is 1. The van der Waals surface area contributed by atoms with Crippen LogP contribution in [-0.4, -0.2) is 61.5 Å². The minimum Gasteiger partial charge on any atom is -0.454 e. The van der Waals surface area contributed by atoms with Crippen molar-refractivity contribution in [3.63, 3.8) is 0 Å². The summed E-state index contributed by atoms with van der Waals surface area (Å²) >= 11 is 6.07. The molecule has 0 bridgehead atoms. The number of piperazine rings is 1. The lowest BCUT2D eigenvalue weighted by Crippen LogP contribution is -2.51. The Labute approximate surface area is 199 Å². The van der Waals surface area contributed by atoms with E-state index in [1.807, 2.05) is 68.4 Å². The number of halogens is 1. The van der Waals surface area contributed by atoms with Crippen molar-refractivity contribution in [3.05, 3.63) is 65.2 Å². The number of carbonyl (C=O) groups is 3. The molecule has 2 amide bonds. The van der Waals surface area contributed by atoms with Gasteiger partial charge in [-0.2, -0.15) is 0 Å². The molecule has 1 aliphatic rings. The van der Waals surface area contributed by atoms with Crippen LogP contribution >= 0.6 is 11.6 Å². The number of benzene rings is 2. The molecule has 176 valence electrons. The quantitative estimate of drug-likeness (QED) is 0.599. The van der Waals surface area contributed by atoms with E-state index in [9.17, 15) is 14.4 Å². The van der Waals surface area contributed by atoms with Crippen molar-refractivity contribution in [3.8, 4) is 0 Å². The van der Waals surface area contributed by atoms with Crippen LogP contribution in [0.1, 0.15) is 19.4 Å². The van der Waals surface area contributed by atoms with E-state index >= 15 is 0 Å². The zero-order valence-electron chi connectivity index (χ0n) is 19.0. The maximum Gasteiger partial charge on any atom is 0.329 e. The molecule has 0 saturated carbocycles. The summed E-state index contributed by atoms with van der Waals surface area (Å²) in [5.41, 5.74) is 1.88. The number of rotatable bonds is 8. The van der Waals surface area contributed by atoms with E-state index < -0.39 is 12.0 Å². The highest BCUT2D eigenvalue weighted by molar-refractivity contribution is 6.30. The summed E-state index contributed by atoms with van der Waals surface area (Å²) in [6.45, 7) is 5.72. The van der Waals surface area contributed by atoms with Crippen LogP contribution in [0.25, 0.3) is 0 Å². The van der Waals surface area contributed by atoms with E-state index in [4.69, 9.17) is 16.3 Å². The van der Waals surface area contributed by atoms with Crippen LogP contribution in [-0.2, 0) is 25.5 Å². The van der Waals surface area contributed by atoms with Crippen molar-refractivity contribution in [2.45, 2.75) is 26.3 Å². The Morgan fingerprint density at radius 2 is 1.70 bits per heavy atom. The molecule has 2 aromatic rings. The van der Waals surface area contributed by atoms with Gasteiger partial charge in [0.05, 0.1) is 6.42 Å². The fourth-order valence-corrected chi connectivity index (χ4v) is 3.89. The van der Waals surface area contributed by atoms with Crippen molar-refractivity contribution >= 4 is 35.1 Å². The zero-order chi connectivity index (χ0) is 23.8. The Morgan fingerprint density at radius 3 is 2.33 bits per heavy atom. The van der Waals surface area contributed by atoms with Gasteiger partial charge in [0.2, 0.25) is 5.91 Å². The van der Waals surface area contributed by atoms with Crippen LogP contribution in [0.15, 0.2) is 54.6 Å². The van der Waals surface area contributed by atoms with Gasteiger partial charge in [0, 0.05) is 36.9 Å². The minimum atomic E-state index is -0.811. The van der Waals surface area contributed by atoms with Crippen LogP contribution in [0.2, 0.25) is 5.02 Å². The summed E-state index contributed by atoms with van der Waals surface area (Å²) in [5.74, 6) is -1.28. The smallest absolute Gasteiger partial charge is 0.329 e. The van der Waals surface area contributed by atoms with Crippen molar-refractivity contribution in [2.24, 2.45) is 5.92 Å². The highest BCUT2D eigenvalue weighted by Crippen LogP contribution is 2.20. The normalized spacial score (nSPS) is 14.7. The number of amides is 2. The fraction of sp³-hybridized carbons (Fsp3) is 0.400. The van der Waals surface area contributed by atoms with Crippen molar-refractivity contribution in [1.29, 1.82) is 0 Å². The van der Waals surface area contributed by atoms with E-state index in [0.29, 0.717) is 31.2 Å². The third-order valence-corrected chi connectivity index (χ3v) is 5.82. The third kappa shape index (κ3) is 7.22. The second-order valence-electron chi connectivity index (χ2n) is 8.41. The predicted molar refractivity (Wildman–Crippen MR) is 128 cm³/mol. The van der Waals surface area contributed by atoms with Crippen molar-refractivity contribution in [1.82, 2.24) is 10.2 Å². The zero-order valence-corrected chi connectivity index (χ0v) is 19.8. The first-order chi connectivity index (χ1) is 15.8. The van der Waals surface area contributed by atoms with Crippen LogP contribution in [0, 0.1) is 5.92 Å². The molecule has 1 aliphatic heterocycles. The number of esters is 1. The van der Waals surface area contributed by atoms with Crippen LogP contribution in [0.5, 0.6) is 0 Å². The molecule has 0 unspecified atom stereocenters. The molecular weight excluding hydrogens is 442 g/mol. The Bertz CT molecular complexity index is 959. The number of nitrogens with zero attached hydrogens (tertiary/aromatic N) is 2. The molecule has 8 heteroatoms. The van der Waals surface area contributed by atoms with Gasteiger partial charge < -0.3 is 19.9 Å². The van der Waals surface area contributed by atoms with Gasteiger partial charge in [0.25, 0.3) is 5.91 Å². The van der Waals surface area contributed by atoms with Crippen molar-refractivity contribution in [2.75, 3.05) is 37.7 Å². The van der Waals surface area contributed by atoms with Crippen LogP contribution in [0.3, 0.4) is 0 Å². The van der Waals surface area contributed by atoms with E-state index in [2.05, 4.69) is 10.2 Å². The second kappa shape index (κ2) is 11.7. The van der Waals surface area contributed by atoms with Gasteiger partial charge in [-0.25, -0.2) is 4.79 Å². The lowest BCUT2D eigenvalue weighted by Gasteiger charge is -2.36. The van der Waals surface area contributed by atoms with Gasteiger partial charge in [0.1, 0.15) is 6.04 Å². The highest BCUT2D eigenvalue weighted by atomic mass is 35.5. The number of ether oxygens (including phenoxy) is 1. The number of hydrogen-bond acceptors (Lipinski definition) is 5. The number of nitrogens with one attached hydrogen (secondary N) is 1. The Morgan fingerprint density at radius 1 is 1.00 bits per heavy atom. The molecule has 3 rings (SSSR count). The maximum absolute atomic E-state index is 12.6. The minimum absolute atomic E-state index is 0.173. The first kappa shape index (κ1) is 24.6. The first-order valence-corrected chi connectivity index (χ1v) is 11.5. The molecular formula is C25H30ClN3O4. The fourth-order valence-electron chi connectivity index (χ4n) is 3.70. The summed E-state index contributed by atoms with van der Waals surface area (Å²) in [6, 6.07) is 16.1. The summed E-state index contributed by atoms with van der Waals surface area (Å²) in [7, 11) is 0. The molecule has 0 aromatic heterocycles. The van der Waals surface area contributed by atoms with E-state index in [-0.39, 0.29) is 30.8 Å². The monoisotopic (exact) mass is 471 g/mol. The average Bonchev–Trinajstić information content (AvgIpc) is 2.81. The van der Waals surface area contributed by atoms with E-state index in [1.54, 1.807) is 4.90 Å². The highest BCUT2D eigenvalue weighted by Gasteiger charge is 2.28. The van der Waals surface area contributed by atoms with E-state index in [1.165, 1.54) is 0 Å². The van der Waals surface area contributed by atoms with Gasteiger partial charge in [-0.3, -0.25) is 9.59 Å². The lowest BCUT2D eigenvalue weighted by molar-refractivity contribution is -0.155. The Hall–Kier alpha value is -3.06. The van der Waals surface area contributed by atoms with E-state index in [0.717, 1.165) is 11.3 Å². The molecule has 0 radical (unpaired) electrons. The molecule has 1 saturated heterocycles. The topological polar surface area (TPSA) is 78.9 Å². The molecule has 1 atom stereocenters. The lowest BCUT2D eigenvalue weighted by atomic mass is 10.0.